The summed E-state index contributed by atoms with van der Waals surface area (Å²) in [7, 11) is -3.44. The van der Waals surface area contributed by atoms with Crippen LogP contribution in [0.5, 0.6) is 0 Å². The third kappa shape index (κ3) is 2.91. The molecule has 2 rings (SSSR count). The smallest absolute Gasteiger partial charge is 0.245 e. The Balaban J connectivity index is 2.42. The molecule has 0 aliphatic carbocycles. The normalized spacial score (nSPS) is 16.5. The van der Waals surface area contributed by atoms with E-state index in [4.69, 9.17) is 0 Å². The van der Waals surface area contributed by atoms with Crippen molar-refractivity contribution in [2.24, 2.45) is 0 Å². The molecular formula is C17H25NO3S. The number of sulfone groups is 1. The van der Waals surface area contributed by atoms with Gasteiger partial charge >= 0.3 is 0 Å². The van der Waals surface area contributed by atoms with Crippen LogP contribution in [0, 0.1) is 0 Å². The molecule has 0 aromatic heterocycles. The summed E-state index contributed by atoms with van der Waals surface area (Å²) in [5, 5.41) is -1.54. The van der Waals surface area contributed by atoms with Crippen molar-refractivity contribution in [1.29, 1.82) is 0 Å². The van der Waals surface area contributed by atoms with E-state index in [0.29, 0.717) is 6.54 Å². The molecule has 0 saturated heterocycles. The topological polar surface area (TPSA) is 54.5 Å². The van der Waals surface area contributed by atoms with Crippen LogP contribution in [-0.2, 0) is 27.5 Å². The third-order valence-corrected chi connectivity index (χ3v) is 6.95. The first-order chi connectivity index (χ1) is 10.3. The van der Waals surface area contributed by atoms with Crippen molar-refractivity contribution >= 4 is 21.4 Å². The monoisotopic (exact) mass is 323 g/mol. The van der Waals surface area contributed by atoms with Crippen LogP contribution in [-0.4, -0.2) is 31.4 Å². The number of fused-ring (bicyclic) bond motifs is 1. The van der Waals surface area contributed by atoms with Gasteiger partial charge in [0.1, 0.15) is 5.25 Å². The summed E-state index contributed by atoms with van der Waals surface area (Å²) in [5.74, 6) is -0.296. The van der Waals surface area contributed by atoms with E-state index in [1.165, 1.54) is 6.92 Å². The van der Waals surface area contributed by atoms with Gasteiger partial charge in [-0.15, -0.1) is 0 Å². The Bertz CT molecular complexity index is 650. The fourth-order valence-corrected chi connectivity index (χ4v) is 4.23. The van der Waals surface area contributed by atoms with Gasteiger partial charge in [0.2, 0.25) is 5.91 Å². The maximum Gasteiger partial charge on any atom is 0.245 e. The standard InChI is InChI=1S/C17H25NO3S/c1-5-14-8-6-9-15-10-7-11-18(16(14)15)17(19)13(4)22(20,21)12(2)3/h6,8-9,12-13H,5,7,10-11H2,1-4H3. The van der Waals surface area contributed by atoms with Gasteiger partial charge in [-0.3, -0.25) is 4.79 Å². The molecule has 0 fully saturated rings. The van der Waals surface area contributed by atoms with Crippen molar-refractivity contribution < 1.29 is 13.2 Å². The second-order valence-electron chi connectivity index (χ2n) is 6.15. The SMILES string of the molecule is CCc1cccc2c1N(C(=O)C(C)S(=O)(=O)C(C)C)CCC2. The minimum atomic E-state index is -3.44. The molecule has 0 N–H and O–H groups in total. The summed E-state index contributed by atoms with van der Waals surface area (Å²) >= 11 is 0. The molecule has 0 saturated carbocycles. The summed E-state index contributed by atoms with van der Waals surface area (Å²) in [4.78, 5) is 14.5. The fourth-order valence-electron chi connectivity index (χ4n) is 3.01. The van der Waals surface area contributed by atoms with Crippen LogP contribution < -0.4 is 4.90 Å². The number of carbonyl (C=O) groups excluding carboxylic acids is 1. The average Bonchev–Trinajstić information content (AvgIpc) is 2.51. The van der Waals surface area contributed by atoms with Crippen LogP contribution >= 0.6 is 0 Å². The molecule has 1 aliphatic heterocycles. The lowest BCUT2D eigenvalue weighted by molar-refractivity contribution is -0.118. The minimum Gasteiger partial charge on any atom is -0.311 e. The molecule has 1 atom stereocenters. The Morgan fingerprint density at radius 3 is 2.55 bits per heavy atom. The molecule has 1 amide bonds. The molecule has 0 radical (unpaired) electrons. The highest BCUT2D eigenvalue weighted by molar-refractivity contribution is 7.93. The van der Waals surface area contributed by atoms with Crippen LogP contribution in [0.3, 0.4) is 0 Å². The first kappa shape index (κ1) is 17.0. The van der Waals surface area contributed by atoms with Gasteiger partial charge < -0.3 is 4.90 Å². The van der Waals surface area contributed by atoms with Gasteiger partial charge in [0.15, 0.2) is 9.84 Å². The predicted octanol–water partition coefficient (Wildman–Crippen LogP) is 2.74. The zero-order valence-corrected chi connectivity index (χ0v) is 14.6. The molecular weight excluding hydrogens is 298 g/mol. The Morgan fingerprint density at radius 1 is 1.27 bits per heavy atom. The van der Waals surface area contributed by atoms with Gasteiger partial charge in [0, 0.05) is 6.54 Å². The highest BCUT2D eigenvalue weighted by atomic mass is 32.2. The number of anilines is 1. The lowest BCUT2D eigenvalue weighted by Gasteiger charge is -2.33. The van der Waals surface area contributed by atoms with E-state index in [9.17, 15) is 13.2 Å². The lowest BCUT2D eigenvalue weighted by atomic mass is 9.96. The molecule has 1 aromatic rings. The summed E-state index contributed by atoms with van der Waals surface area (Å²) < 4.78 is 24.7. The van der Waals surface area contributed by atoms with E-state index in [1.807, 2.05) is 18.2 Å². The quantitative estimate of drug-likeness (QED) is 0.856. The maximum absolute atomic E-state index is 12.8. The molecule has 122 valence electrons. The highest BCUT2D eigenvalue weighted by Crippen LogP contribution is 2.32. The molecule has 1 aromatic carbocycles. The number of benzene rings is 1. The number of para-hydroxylation sites is 1. The van der Waals surface area contributed by atoms with Crippen molar-refractivity contribution in [2.75, 3.05) is 11.4 Å². The van der Waals surface area contributed by atoms with E-state index in [0.717, 1.165) is 36.1 Å². The van der Waals surface area contributed by atoms with Crippen LogP contribution in [0.25, 0.3) is 0 Å². The van der Waals surface area contributed by atoms with Crippen LogP contribution in [0.2, 0.25) is 0 Å². The Morgan fingerprint density at radius 2 is 1.95 bits per heavy atom. The molecule has 22 heavy (non-hydrogen) atoms. The summed E-state index contributed by atoms with van der Waals surface area (Å²) in [5.41, 5.74) is 3.19. The van der Waals surface area contributed by atoms with E-state index in [2.05, 4.69) is 6.92 Å². The second-order valence-corrected chi connectivity index (χ2v) is 8.98. The van der Waals surface area contributed by atoms with Crippen LogP contribution in [0.1, 0.15) is 45.2 Å². The summed E-state index contributed by atoms with van der Waals surface area (Å²) in [6, 6.07) is 6.07. The first-order valence-corrected chi connectivity index (χ1v) is 9.56. The average molecular weight is 323 g/mol. The van der Waals surface area contributed by atoms with Gasteiger partial charge in [-0.1, -0.05) is 25.1 Å². The Hall–Kier alpha value is -1.36. The molecule has 1 unspecified atom stereocenters. The highest BCUT2D eigenvalue weighted by Gasteiger charge is 2.36. The number of carbonyl (C=O) groups is 1. The first-order valence-electron chi connectivity index (χ1n) is 7.95. The number of rotatable bonds is 4. The van der Waals surface area contributed by atoms with Gasteiger partial charge in [0.25, 0.3) is 0 Å². The fraction of sp³-hybridized carbons (Fsp3) is 0.588. The van der Waals surface area contributed by atoms with E-state index >= 15 is 0 Å². The maximum atomic E-state index is 12.8. The number of amides is 1. The summed E-state index contributed by atoms with van der Waals surface area (Å²) in [6.45, 7) is 7.42. The molecule has 1 heterocycles. The van der Waals surface area contributed by atoms with Gasteiger partial charge in [0.05, 0.1) is 10.9 Å². The molecule has 1 aliphatic rings. The van der Waals surface area contributed by atoms with E-state index in [-0.39, 0.29) is 5.91 Å². The van der Waals surface area contributed by atoms with E-state index < -0.39 is 20.3 Å². The van der Waals surface area contributed by atoms with Gasteiger partial charge in [-0.25, -0.2) is 8.42 Å². The van der Waals surface area contributed by atoms with Crippen molar-refractivity contribution in [1.82, 2.24) is 0 Å². The Labute approximate surface area is 133 Å². The van der Waals surface area contributed by atoms with Crippen molar-refractivity contribution in [3.05, 3.63) is 29.3 Å². The van der Waals surface area contributed by atoms with Gasteiger partial charge in [-0.05, 0) is 51.2 Å². The Kier molecular flexibility index (Phi) is 4.95. The number of nitrogens with zero attached hydrogens (tertiary/aromatic N) is 1. The molecule has 0 spiro atoms. The zero-order valence-electron chi connectivity index (χ0n) is 13.8. The molecule has 4 nitrogen and oxygen atoms in total. The zero-order chi connectivity index (χ0) is 16.5. The lowest BCUT2D eigenvalue weighted by Crippen LogP contribution is -2.46. The van der Waals surface area contributed by atoms with Crippen LogP contribution in [0.15, 0.2) is 18.2 Å². The molecule has 0 bridgehead atoms. The van der Waals surface area contributed by atoms with Crippen LogP contribution in [0.4, 0.5) is 5.69 Å². The van der Waals surface area contributed by atoms with Crippen molar-refractivity contribution in [3.63, 3.8) is 0 Å². The largest absolute Gasteiger partial charge is 0.311 e. The van der Waals surface area contributed by atoms with Gasteiger partial charge in [-0.2, -0.15) is 0 Å². The van der Waals surface area contributed by atoms with E-state index in [1.54, 1.807) is 18.7 Å². The third-order valence-electron chi connectivity index (χ3n) is 4.45. The number of hydrogen-bond acceptors (Lipinski definition) is 3. The van der Waals surface area contributed by atoms with Crippen molar-refractivity contribution in [3.8, 4) is 0 Å². The number of hydrogen-bond donors (Lipinski definition) is 0. The van der Waals surface area contributed by atoms with Crippen molar-refractivity contribution in [2.45, 2.75) is 57.5 Å². The minimum absolute atomic E-state index is 0.296. The molecule has 5 heteroatoms. The summed E-state index contributed by atoms with van der Waals surface area (Å²) in [6.07, 6.45) is 2.65. The second kappa shape index (κ2) is 6.41. The predicted molar refractivity (Wildman–Crippen MR) is 90.0 cm³/mol. The number of aryl methyl sites for hydroxylation is 2.